The highest BCUT2D eigenvalue weighted by Crippen LogP contribution is 2.34. The van der Waals surface area contributed by atoms with Crippen LogP contribution in [0.1, 0.15) is 44.5 Å². The summed E-state index contributed by atoms with van der Waals surface area (Å²) >= 11 is 9.65. The minimum atomic E-state index is -0.236. The molecule has 0 fully saturated rings. The topological polar surface area (TPSA) is 65.7 Å². The quantitative estimate of drug-likeness (QED) is 0.402. The molecule has 1 heterocycles. The van der Waals surface area contributed by atoms with Gasteiger partial charge in [0, 0.05) is 27.0 Å². The summed E-state index contributed by atoms with van der Waals surface area (Å²) in [5.74, 6) is 1.66. The second-order valence-corrected chi connectivity index (χ2v) is 8.11. The van der Waals surface area contributed by atoms with Crippen molar-refractivity contribution in [2.75, 3.05) is 13.7 Å². The Morgan fingerprint density at radius 1 is 1.30 bits per heavy atom. The molecule has 2 aromatic carbocycles. The zero-order valence-corrected chi connectivity index (χ0v) is 19.6. The standard InChI is InChI=1S/C22H23BrClN3O3/c1-5-13(3)21-26-18-8-7-15(23)10-17(18)22(28)27(21)25-12-14-9-16(24)11-19(29-4)20(14)30-6-2/h7-13H,5-6H2,1-4H3/t13-/m1/s1. The van der Waals surface area contributed by atoms with Gasteiger partial charge in [-0.15, -0.1) is 0 Å². The van der Waals surface area contributed by atoms with Crippen LogP contribution in [0, 0.1) is 0 Å². The number of hydrogen-bond acceptors (Lipinski definition) is 5. The molecule has 0 unspecified atom stereocenters. The minimum absolute atomic E-state index is 0.0446. The highest BCUT2D eigenvalue weighted by Gasteiger charge is 2.16. The lowest BCUT2D eigenvalue weighted by Crippen LogP contribution is -2.23. The molecule has 0 radical (unpaired) electrons. The summed E-state index contributed by atoms with van der Waals surface area (Å²) in [5.41, 5.74) is 1.02. The summed E-state index contributed by atoms with van der Waals surface area (Å²) in [6.07, 6.45) is 2.37. The zero-order valence-electron chi connectivity index (χ0n) is 17.3. The molecule has 0 aliphatic rings. The van der Waals surface area contributed by atoms with Crippen molar-refractivity contribution in [1.82, 2.24) is 9.66 Å². The zero-order chi connectivity index (χ0) is 21.8. The monoisotopic (exact) mass is 491 g/mol. The molecule has 0 aliphatic carbocycles. The fourth-order valence-corrected chi connectivity index (χ4v) is 3.61. The van der Waals surface area contributed by atoms with Crippen molar-refractivity contribution in [2.24, 2.45) is 5.10 Å². The van der Waals surface area contributed by atoms with E-state index >= 15 is 0 Å². The summed E-state index contributed by atoms with van der Waals surface area (Å²) < 4.78 is 13.3. The lowest BCUT2D eigenvalue weighted by molar-refractivity contribution is 0.310. The average molecular weight is 493 g/mol. The fraction of sp³-hybridized carbons (Fsp3) is 0.318. The third kappa shape index (κ3) is 4.52. The van der Waals surface area contributed by atoms with E-state index in [1.807, 2.05) is 32.9 Å². The first-order chi connectivity index (χ1) is 14.4. The van der Waals surface area contributed by atoms with Crippen LogP contribution in [0.15, 0.2) is 44.7 Å². The Balaban J connectivity index is 2.22. The van der Waals surface area contributed by atoms with Gasteiger partial charge >= 0.3 is 0 Å². The number of rotatable bonds is 7. The molecule has 0 N–H and O–H groups in total. The SMILES string of the molecule is CCOc1c(C=Nn2c([C@H](C)CC)nc3ccc(Br)cc3c2=O)cc(Cl)cc1OC. The van der Waals surface area contributed by atoms with Gasteiger partial charge in [-0.1, -0.05) is 41.4 Å². The van der Waals surface area contributed by atoms with E-state index in [0.717, 1.165) is 10.9 Å². The van der Waals surface area contributed by atoms with Gasteiger partial charge in [0.1, 0.15) is 5.82 Å². The van der Waals surface area contributed by atoms with Crippen molar-refractivity contribution in [3.05, 3.63) is 61.6 Å². The molecule has 1 aromatic heterocycles. The number of hydrogen-bond donors (Lipinski definition) is 0. The van der Waals surface area contributed by atoms with Crippen LogP contribution in [-0.2, 0) is 0 Å². The summed E-state index contributed by atoms with van der Waals surface area (Å²) in [5, 5.41) is 5.46. The van der Waals surface area contributed by atoms with Crippen LogP contribution in [-0.4, -0.2) is 29.6 Å². The number of benzene rings is 2. The summed E-state index contributed by atoms with van der Waals surface area (Å²) in [6.45, 7) is 6.40. The Kier molecular flexibility index (Phi) is 7.15. The van der Waals surface area contributed by atoms with Gasteiger partial charge in [0.25, 0.3) is 5.56 Å². The molecule has 0 spiro atoms. The Morgan fingerprint density at radius 3 is 2.73 bits per heavy atom. The Labute approximate surface area is 188 Å². The van der Waals surface area contributed by atoms with E-state index in [2.05, 4.69) is 21.0 Å². The number of fused-ring (bicyclic) bond motifs is 1. The molecule has 30 heavy (non-hydrogen) atoms. The first kappa shape index (κ1) is 22.3. The van der Waals surface area contributed by atoms with E-state index in [1.54, 1.807) is 31.5 Å². The molecule has 0 amide bonds. The highest BCUT2D eigenvalue weighted by atomic mass is 79.9. The maximum absolute atomic E-state index is 13.3. The van der Waals surface area contributed by atoms with Crippen LogP contribution in [0.5, 0.6) is 11.5 Å². The van der Waals surface area contributed by atoms with Crippen molar-refractivity contribution >= 4 is 44.6 Å². The largest absolute Gasteiger partial charge is 0.493 e. The average Bonchev–Trinajstić information content (AvgIpc) is 2.74. The van der Waals surface area contributed by atoms with Crippen molar-refractivity contribution in [3.8, 4) is 11.5 Å². The number of methoxy groups -OCH3 is 1. The maximum atomic E-state index is 13.3. The van der Waals surface area contributed by atoms with Gasteiger partial charge in [-0.3, -0.25) is 4.79 Å². The number of ether oxygens (including phenoxy) is 2. The van der Waals surface area contributed by atoms with Crippen LogP contribution in [0.25, 0.3) is 10.9 Å². The first-order valence-electron chi connectivity index (χ1n) is 9.66. The smallest absolute Gasteiger partial charge is 0.282 e. The molecule has 1 atom stereocenters. The van der Waals surface area contributed by atoms with Crippen LogP contribution >= 0.6 is 27.5 Å². The lowest BCUT2D eigenvalue weighted by atomic mass is 10.1. The van der Waals surface area contributed by atoms with Crippen LogP contribution in [0.3, 0.4) is 0 Å². The third-order valence-electron chi connectivity index (χ3n) is 4.76. The molecule has 6 nitrogen and oxygen atoms in total. The molecule has 0 saturated carbocycles. The van der Waals surface area contributed by atoms with Gasteiger partial charge in [-0.05, 0) is 37.6 Å². The van der Waals surface area contributed by atoms with Gasteiger partial charge in [0.2, 0.25) is 0 Å². The molecule has 0 aliphatic heterocycles. The van der Waals surface area contributed by atoms with Crippen LogP contribution < -0.4 is 15.0 Å². The van der Waals surface area contributed by atoms with Crippen molar-refractivity contribution in [2.45, 2.75) is 33.1 Å². The lowest BCUT2D eigenvalue weighted by Gasteiger charge is -2.15. The van der Waals surface area contributed by atoms with Crippen LogP contribution in [0.4, 0.5) is 0 Å². The highest BCUT2D eigenvalue weighted by molar-refractivity contribution is 9.10. The van der Waals surface area contributed by atoms with Gasteiger partial charge < -0.3 is 9.47 Å². The molecule has 158 valence electrons. The van der Waals surface area contributed by atoms with E-state index in [-0.39, 0.29) is 11.5 Å². The minimum Gasteiger partial charge on any atom is -0.493 e. The van der Waals surface area contributed by atoms with Gasteiger partial charge in [0.05, 0.1) is 30.8 Å². The number of halogens is 2. The van der Waals surface area contributed by atoms with E-state index in [4.69, 9.17) is 26.1 Å². The van der Waals surface area contributed by atoms with E-state index in [9.17, 15) is 4.79 Å². The van der Waals surface area contributed by atoms with Crippen molar-refractivity contribution in [1.29, 1.82) is 0 Å². The molecule has 0 bridgehead atoms. The predicted molar refractivity (Wildman–Crippen MR) is 125 cm³/mol. The molecule has 8 heteroatoms. The number of aromatic nitrogens is 2. The summed E-state index contributed by atoms with van der Waals surface area (Å²) in [4.78, 5) is 18.0. The maximum Gasteiger partial charge on any atom is 0.282 e. The molecule has 3 rings (SSSR count). The van der Waals surface area contributed by atoms with E-state index in [0.29, 0.717) is 45.4 Å². The van der Waals surface area contributed by atoms with E-state index < -0.39 is 0 Å². The summed E-state index contributed by atoms with van der Waals surface area (Å²) in [6, 6.07) is 8.85. The fourth-order valence-electron chi connectivity index (χ4n) is 3.03. The Morgan fingerprint density at radius 2 is 2.07 bits per heavy atom. The van der Waals surface area contributed by atoms with Gasteiger partial charge in [-0.2, -0.15) is 9.78 Å². The second-order valence-electron chi connectivity index (χ2n) is 6.76. The third-order valence-corrected chi connectivity index (χ3v) is 5.47. The molecular weight excluding hydrogens is 470 g/mol. The van der Waals surface area contributed by atoms with Gasteiger partial charge in [-0.25, -0.2) is 4.98 Å². The number of nitrogens with zero attached hydrogens (tertiary/aromatic N) is 3. The Bertz CT molecular complexity index is 1160. The van der Waals surface area contributed by atoms with Crippen molar-refractivity contribution < 1.29 is 9.47 Å². The summed E-state index contributed by atoms with van der Waals surface area (Å²) in [7, 11) is 1.55. The first-order valence-corrected chi connectivity index (χ1v) is 10.8. The van der Waals surface area contributed by atoms with Gasteiger partial charge in [0.15, 0.2) is 11.5 Å². The predicted octanol–water partition coefficient (Wildman–Crippen LogP) is 5.62. The van der Waals surface area contributed by atoms with Crippen LogP contribution in [0.2, 0.25) is 5.02 Å². The Hall–Kier alpha value is -2.38. The van der Waals surface area contributed by atoms with Crippen molar-refractivity contribution in [3.63, 3.8) is 0 Å². The van der Waals surface area contributed by atoms with E-state index in [1.165, 1.54) is 4.68 Å². The normalized spacial score (nSPS) is 12.5. The molecular formula is C22H23BrClN3O3. The molecule has 0 saturated heterocycles. The molecule has 3 aromatic rings. The second kappa shape index (κ2) is 9.62.